The van der Waals surface area contributed by atoms with Crippen molar-refractivity contribution in [3.63, 3.8) is 0 Å². The summed E-state index contributed by atoms with van der Waals surface area (Å²) in [5.74, 6) is -1.23. The average Bonchev–Trinajstić information content (AvgIpc) is 3.24. The summed E-state index contributed by atoms with van der Waals surface area (Å²) in [6.07, 6.45) is -2.12. The molecule has 4 aromatic rings. The van der Waals surface area contributed by atoms with Crippen LogP contribution in [0.1, 0.15) is 66.8 Å². The fourth-order valence-corrected chi connectivity index (χ4v) is 5.85. The molecule has 1 aromatic heterocycles. The molecule has 1 aliphatic rings. The van der Waals surface area contributed by atoms with E-state index in [0.717, 1.165) is 0 Å². The van der Waals surface area contributed by atoms with E-state index in [4.69, 9.17) is 9.57 Å². The molecule has 0 aliphatic carbocycles. The standard InChI is InChI=1S/C34H33F3N3O5.C5H11NO/c1-4-9-25-18-38(32(42)24-16-14-23(15-17-24)22(2)41)29-12-7-8-13-30(29)39(33(25)43)19-27-26-10-5-6-11-28(26)40(44-3)20-31(27)45-21-34(35,36)37;1-4(6-3)5(2)7/h5-8,10-17,20,25H,4,9,18-19,21H2,1-3H3;4,6H,1-3H3/q+1;/t;4-/m.0/s1. The van der Waals surface area contributed by atoms with Crippen molar-refractivity contribution in [1.82, 2.24) is 5.32 Å². The third kappa shape index (κ3) is 9.32. The number of para-hydroxylation sites is 3. The fraction of sp³-hybridized carbons (Fsp3) is 0.359. The van der Waals surface area contributed by atoms with Crippen LogP contribution in [-0.4, -0.2) is 62.9 Å². The average molecular weight is 722 g/mol. The first-order valence-electron chi connectivity index (χ1n) is 16.9. The van der Waals surface area contributed by atoms with Gasteiger partial charge in [-0.2, -0.15) is 13.2 Å². The Bertz CT molecular complexity index is 1910. The Morgan fingerprint density at radius 3 is 2.13 bits per heavy atom. The molecule has 1 aliphatic heterocycles. The predicted octanol–water partition coefficient (Wildman–Crippen LogP) is 6.12. The molecule has 2 atom stereocenters. The van der Waals surface area contributed by atoms with Crippen LogP contribution >= 0.6 is 0 Å². The second-order valence-electron chi connectivity index (χ2n) is 12.5. The molecule has 0 bridgehead atoms. The summed E-state index contributed by atoms with van der Waals surface area (Å²) in [5.41, 5.74) is 2.68. The van der Waals surface area contributed by atoms with Gasteiger partial charge in [0.2, 0.25) is 5.91 Å². The Hall–Kier alpha value is -5.30. The minimum Gasteiger partial charge on any atom is -0.477 e. The number of halogens is 3. The smallest absolute Gasteiger partial charge is 0.422 e. The summed E-state index contributed by atoms with van der Waals surface area (Å²) in [6.45, 7) is 5.24. The maximum atomic E-state index is 14.3. The number of carbonyl (C=O) groups is 4. The second kappa shape index (κ2) is 17.3. The maximum Gasteiger partial charge on any atom is 0.422 e. The zero-order valence-electron chi connectivity index (χ0n) is 30.1. The Morgan fingerprint density at radius 2 is 1.58 bits per heavy atom. The number of ketones is 2. The van der Waals surface area contributed by atoms with Crippen LogP contribution in [-0.2, 0) is 16.1 Å². The topological polar surface area (TPSA) is 109 Å². The quantitative estimate of drug-likeness (QED) is 0.147. The summed E-state index contributed by atoms with van der Waals surface area (Å²) in [5, 5.41) is 3.36. The molecule has 0 saturated carbocycles. The van der Waals surface area contributed by atoms with E-state index in [-0.39, 0.29) is 48.3 Å². The largest absolute Gasteiger partial charge is 0.477 e. The highest BCUT2D eigenvalue weighted by Gasteiger charge is 2.38. The minimum atomic E-state index is -4.60. The Morgan fingerprint density at radius 1 is 0.962 bits per heavy atom. The number of amides is 2. The number of aromatic nitrogens is 1. The van der Waals surface area contributed by atoms with Crippen molar-refractivity contribution in [2.45, 2.75) is 59.3 Å². The number of benzene rings is 3. The van der Waals surface area contributed by atoms with Gasteiger partial charge in [0.25, 0.3) is 17.6 Å². The second-order valence-corrected chi connectivity index (χ2v) is 12.5. The Labute approximate surface area is 301 Å². The van der Waals surface area contributed by atoms with E-state index < -0.39 is 18.7 Å². The summed E-state index contributed by atoms with van der Waals surface area (Å²) in [4.78, 5) is 58.9. The van der Waals surface area contributed by atoms with Gasteiger partial charge in [-0.15, -0.1) is 0 Å². The first-order chi connectivity index (χ1) is 24.7. The third-order valence-corrected chi connectivity index (χ3v) is 8.85. The molecule has 13 heteroatoms. The van der Waals surface area contributed by atoms with Crippen molar-refractivity contribution >= 4 is 45.7 Å². The number of carbonyl (C=O) groups excluding carboxylic acids is 4. The number of hydrogen-bond acceptors (Lipinski definition) is 7. The summed E-state index contributed by atoms with van der Waals surface area (Å²) in [6, 6.07) is 20.4. The van der Waals surface area contributed by atoms with Gasteiger partial charge in [-0.3, -0.25) is 24.0 Å². The maximum absolute atomic E-state index is 14.3. The molecule has 2 heterocycles. The SMILES string of the molecule is CCCC1CN(C(=O)c2ccc(C(C)=O)cc2)c2ccccc2N(Cc2c(OCC(F)(F)F)c[n+](OC)c3ccccc23)C1=O.CN[C@@H](C)C(C)=O. The van der Waals surface area contributed by atoms with Crippen LogP contribution in [0, 0.1) is 5.92 Å². The zero-order valence-corrected chi connectivity index (χ0v) is 30.1. The van der Waals surface area contributed by atoms with E-state index >= 15 is 0 Å². The van der Waals surface area contributed by atoms with Crippen molar-refractivity contribution in [2.24, 2.45) is 5.92 Å². The van der Waals surface area contributed by atoms with Crippen molar-refractivity contribution < 1.29 is 46.7 Å². The zero-order chi connectivity index (χ0) is 38.2. The van der Waals surface area contributed by atoms with Gasteiger partial charge in [-0.25, -0.2) is 0 Å². The lowest BCUT2D eigenvalue weighted by molar-refractivity contribution is -0.865. The highest BCUT2D eigenvalue weighted by molar-refractivity contribution is 6.12. The lowest BCUT2D eigenvalue weighted by Gasteiger charge is -2.26. The first-order valence-corrected chi connectivity index (χ1v) is 16.9. The van der Waals surface area contributed by atoms with Gasteiger partial charge in [-0.1, -0.05) is 49.7 Å². The van der Waals surface area contributed by atoms with Crippen LogP contribution < -0.4 is 29.4 Å². The minimum absolute atomic E-state index is 0.0139. The van der Waals surface area contributed by atoms with Crippen LogP contribution in [0.15, 0.2) is 79.0 Å². The number of nitrogens with one attached hydrogen (secondary N) is 1. The highest BCUT2D eigenvalue weighted by atomic mass is 19.4. The lowest BCUT2D eigenvalue weighted by atomic mass is 10.00. The van der Waals surface area contributed by atoms with E-state index in [1.54, 1.807) is 91.7 Å². The number of alkyl halides is 3. The van der Waals surface area contributed by atoms with Crippen molar-refractivity contribution in [3.8, 4) is 5.75 Å². The van der Waals surface area contributed by atoms with Gasteiger partial charge in [0.1, 0.15) is 12.9 Å². The van der Waals surface area contributed by atoms with E-state index in [2.05, 4.69) is 5.32 Å². The number of rotatable bonds is 11. The number of ether oxygens (including phenoxy) is 1. The Balaban J connectivity index is 0.000000785. The fourth-order valence-electron chi connectivity index (χ4n) is 5.85. The molecule has 2 amide bonds. The van der Waals surface area contributed by atoms with Gasteiger partial charge in [0, 0.05) is 34.0 Å². The molecule has 0 spiro atoms. The summed E-state index contributed by atoms with van der Waals surface area (Å²) in [7, 11) is 3.16. The number of anilines is 2. The van der Waals surface area contributed by atoms with E-state index in [1.165, 1.54) is 29.9 Å². The highest BCUT2D eigenvalue weighted by Crippen LogP contribution is 2.39. The molecule has 276 valence electrons. The predicted molar refractivity (Wildman–Crippen MR) is 192 cm³/mol. The molecule has 0 radical (unpaired) electrons. The van der Waals surface area contributed by atoms with Crippen LogP contribution in [0.2, 0.25) is 0 Å². The number of likely N-dealkylation sites (N-methyl/N-ethyl adjacent to an activating group) is 1. The van der Waals surface area contributed by atoms with E-state index in [1.807, 2.05) is 13.8 Å². The molecule has 52 heavy (non-hydrogen) atoms. The molecule has 1 N–H and O–H groups in total. The van der Waals surface area contributed by atoms with Crippen molar-refractivity contribution in [2.75, 3.05) is 37.1 Å². The van der Waals surface area contributed by atoms with E-state index in [0.29, 0.717) is 51.8 Å². The lowest BCUT2D eigenvalue weighted by Crippen LogP contribution is -2.42. The molecular formula is C39H44F3N4O6+. The first kappa shape index (κ1) is 39.5. The van der Waals surface area contributed by atoms with Gasteiger partial charge < -0.3 is 19.9 Å². The molecule has 10 nitrogen and oxygen atoms in total. The van der Waals surface area contributed by atoms with Crippen molar-refractivity contribution in [1.29, 1.82) is 0 Å². The monoisotopic (exact) mass is 721 g/mol. The molecule has 1 unspecified atom stereocenters. The summed E-state index contributed by atoms with van der Waals surface area (Å²) >= 11 is 0. The number of Topliss-reactive ketones (excluding diaryl/α,β-unsaturated/α-hetero) is 2. The Kier molecular flexibility index (Phi) is 13.1. The molecular weight excluding hydrogens is 677 g/mol. The summed E-state index contributed by atoms with van der Waals surface area (Å²) < 4.78 is 46.6. The van der Waals surface area contributed by atoms with E-state index in [9.17, 15) is 32.3 Å². The van der Waals surface area contributed by atoms with Crippen LogP contribution in [0.4, 0.5) is 24.5 Å². The number of pyridine rings is 1. The molecule has 3 aromatic carbocycles. The molecule has 0 saturated heterocycles. The van der Waals surface area contributed by atoms with Gasteiger partial charge in [-0.05, 0) is 64.6 Å². The van der Waals surface area contributed by atoms with Crippen molar-refractivity contribution in [3.05, 3.63) is 95.7 Å². The number of nitrogens with zero attached hydrogens (tertiary/aromatic N) is 3. The normalized spacial score (nSPS) is 14.9. The molecule has 0 fully saturated rings. The van der Waals surface area contributed by atoms with Crippen LogP contribution in [0.3, 0.4) is 0 Å². The van der Waals surface area contributed by atoms with Gasteiger partial charge in [0.05, 0.1) is 35.3 Å². The molecule has 5 rings (SSSR count). The van der Waals surface area contributed by atoms with Gasteiger partial charge in [0.15, 0.2) is 18.1 Å². The third-order valence-electron chi connectivity index (χ3n) is 8.85. The van der Waals surface area contributed by atoms with Gasteiger partial charge >= 0.3 is 6.18 Å². The van der Waals surface area contributed by atoms with Crippen LogP contribution in [0.25, 0.3) is 10.9 Å². The number of fused-ring (bicyclic) bond motifs is 2. The number of hydrogen-bond donors (Lipinski definition) is 1. The van der Waals surface area contributed by atoms with Crippen LogP contribution in [0.5, 0.6) is 5.75 Å².